The van der Waals surface area contributed by atoms with E-state index in [1.165, 1.54) is 5.56 Å². The molecule has 0 saturated heterocycles. The lowest BCUT2D eigenvalue weighted by Crippen LogP contribution is -2.38. The Hall–Kier alpha value is -2.20. The number of hydrogen-bond donors (Lipinski definition) is 2. The molecule has 0 aromatic heterocycles. The molecule has 0 saturated carbocycles. The van der Waals surface area contributed by atoms with Crippen molar-refractivity contribution in [3.8, 4) is 17.2 Å². The number of methoxy groups -OCH3 is 1. The highest BCUT2D eigenvalue weighted by molar-refractivity contribution is 14.0. The van der Waals surface area contributed by atoms with E-state index < -0.39 is 0 Å². The van der Waals surface area contributed by atoms with E-state index >= 15 is 0 Å². The van der Waals surface area contributed by atoms with Gasteiger partial charge in [0, 0.05) is 20.1 Å². The Morgan fingerprint density at radius 3 is 2.35 bits per heavy atom. The third-order valence-corrected chi connectivity index (χ3v) is 4.34. The van der Waals surface area contributed by atoms with Crippen LogP contribution in [0.15, 0.2) is 47.5 Å². The second-order valence-corrected chi connectivity index (χ2v) is 6.66. The van der Waals surface area contributed by atoms with Gasteiger partial charge in [0.15, 0.2) is 17.5 Å². The fraction of sp³-hybridized carbons (Fsp3) is 0.435. The number of benzene rings is 2. The molecule has 0 aliphatic carbocycles. The molecule has 0 heterocycles. The van der Waals surface area contributed by atoms with Gasteiger partial charge in [0.1, 0.15) is 12.4 Å². The predicted octanol–water partition coefficient (Wildman–Crippen LogP) is 3.68. The molecule has 8 heteroatoms. The van der Waals surface area contributed by atoms with Crippen LogP contribution >= 0.6 is 24.0 Å². The Morgan fingerprint density at radius 1 is 1.03 bits per heavy atom. The molecule has 0 fully saturated rings. The zero-order chi connectivity index (χ0) is 21.8. The lowest BCUT2D eigenvalue weighted by Gasteiger charge is -2.22. The van der Waals surface area contributed by atoms with Crippen molar-refractivity contribution in [2.24, 2.45) is 4.99 Å². The summed E-state index contributed by atoms with van der Waals surface area (Å²) >= 11 is 0. The SMILES string of the molecule is CCNC(=NCc1ccc(OCCO)c(OC)c1)N(C)Cc1ccc(OCC)cc1.I. The van der Waals surface area contributed by atoms with Crippen molar-refractivity contribution in [1.82, 2.24) is 10.2 Å². The average molecular weight is 543 g/mol. The van der Waals surface area contributed by atoms with Crippen LogP contribution in [0.4, 0.5) is 0 Å². The van der Waals surface area contributed by atoms with Crippen LogP contribution in [-0.2, 0) is 13.1 Å². The summed E-state index contributed by atoms with van der Waals surface area (Å²) in [5.74, 6) is 2.94. The maximum Gasteiger partial charge on any atom is 0.194 e. The first-order valence-electron chi connectivity index (χ1n) is 10.2. The van der Waals surface area contributed by atoms with Gasteiger partial charge < -0.3 is 29.5 Å². The zero-order valence-corrected chi connectivity index (χ0v) is 21.1. The van der Waals surface area contributed by atoms with Crippen LogP contribution in [0.3, 0.4) is 0 Å². The quantitative estimate of drug-likeness (QED) is 0.256. The van der Waals surface area contributed by atoms with Gasteiger partial charge in [0.05, 0.1) is 26.9 Å². The largest absolute Gasteiger partial charge is 0.494 e. The molecule has 0 radical (unpaired) electrons. The molecule has 0 unspecified atom stereocenters. The lowest BCUT2D eigenvalue weighted by molar-refractivity contribution is 0.196. The van der Waals surface area contributed by atoms with Gasteiger partial charge in [-0.05, 0) is 49.2 Å². The minimum atomic E-state index is -0.0397. The van der Waals surface area contributed by atoms with E-state index in [2.05, 4.69) is 29.3 Å². The number of aliphatic imine (C=N–C) groups is 1. The summed E-state index contributed by atoms with van der Waals surface area (Å²) in [5, 5.41) is 12.3. The summed E-state index contributed by atoms with van der Waals surface area (Å²) in [7, 11) is 3.62. The van der Waals surface area contributed by atoms with Crippen LogP contribution in [-0.4, -0.2) is 56.5 Å². The third kappa shape index (κ3) is 8.82. The van der Waals surface area contributed by atoms with Gasteiger partial charge in [-0.2, -0.15) is 0 Å². The van der Waals surface area contributed by atoms with E-state index in [4.69, 9.17) is 24.3 Å². The van der Waals surface area contributed by atoms with Crippen molar-refractivity contribution < 1.29 is 19.3 Å². The molecule has 0 atom stereocenters. The molecule has 2 aromatic carbocycles. The van der Waals surface area contributed by atoms with Crippen molar-refractivity contribution in [1.29, 1.82) is 0 Å². The number of aliphatic hydroxyl groups is 1. The van der Waals surface area contributed by atoms with Crippen LogP contribution in [0, 0.1) is 0 Å². The van der Waals surface area contributed by atoms with Crippen molar-refractivity contribution in [2.45, 2.75) is 26.9 Å². The molecule has 2 rings (SSSR count). The molecule has 7 nitrogen and oxygen atoms in total. The number of guanidine groups is 1. The molecule has 2 aromatic rings. The second-order valence-electron chi connectivity index (χ2n) is 6.66. The summed E-state index contributed by atoms with van der Waals surface area (Å²) in [6, 6.07) is 13.8. The number of halogens is 1. The molecule has 2 N–H and O–H groups in total. The lowest BCUT2D eigenvalue weighted by atomic mass is 10.2. The molecule has 172 valence electrons. The first kappa shape index (κ1) is 26.8. The number of aliphatic hydroxyl groups excluding tert-OH is 1. The Labute approximate surface area is 202 Å². The summed E-state index contributed by atoms with van der Waals surface area (Å²) in [6.45, 7) is 6.90. The molecular formula is C23H34IN3O4. The molecular weight excluding hydrogens is 509 g/mol. The first-order valence-corrected chi connectivity index (χ1v) is 10.2. The number of nitrogens with zero attached hydrogens (tertiary/aromatic N) is 2. The Morgan fingerprint density at radius 2 is 1.74 bits per heavy atom. The minimum absolute atomic E-state index is 0. The van der Waals surface area contributed by atoms with Gasteiger partial charge in [-0.3, -0.25) is 0 Å². The zero-order valence-electron chi connectivity index (χ0n) is 18.8. The van der Waals surface area contributed by atoms with Crippen LogP contribution in [0.25, 0.3) is 0 Å². The Kier molecular flexibility index (Phi) is 12.8. The van der Waals surface area contributed by atoms with E-state index in [0.717, 1.165) is 30.4 Å². The molecule has 31 heavy (non-hydrogen) atoms. The summed E-state index contributed by atoms with van der Waals surface area (Å²) in [5.41, 5.74) is 2.19. The minimum Gasteiger partial charge on any atom is -0.494 e. The van der Waals surface area contributed by atoms with E-state index in [1.54, 1.807) is 7.11 Å². The van der Waals surface area contributed by atoms with Crippen LogP contribution in [0.5, 0.6) is 17.2 Å². The molecule has 0 bridgehead atoms. The standard InChI is InChI=1S/C23H33N3O4.HI/c1-5-24-23(26(3)17-18-7-10-20(11-8-18)29-6-2)25-16-19-9-12-21(30-14-13-27)22(15-19)28-4;/h7-12,15,27H,5-6,13-14,16-17H2,1-4H3,(H,24,25);1H. The molecule has 0 amide bonds. The fourth-order valence-electron chi connectivity index (χ4n) is 2.93. The monoisotopic (exact) mass is 543 g/mol. The maximum absolute atomic E-state index is 8.94. The fourth-order valence-corrected chi connectivity index (χ4v) is 2.93. The van der Waals surface area contributed by atoms with Crippen molar-refractivity contribution in [3.05, 3.63) is 53.6 Å². The number of nitrogens with one attached hydrogen (secondary N) is 1. The third-order valence-electron chi connectivity index (χ3n) is 4.34. The second kappa shape index (κ2) is 14.7. The van der Waals surface area contributed by atoms with Gasteiger partial charge in [-0.1, -0.05) is 18.2 Å². The van der Waals surface area contributed by atoms with Crippen molar-refractivity contribution >= 4 is 29.9 Å². The Bertz CT molecular complexity index is 800. The smallest absolute Gasteiger partial charge is 0.194 e. The van der Waals surface area contributed by atoms with Gasteiger partial charge in [-0.25, -0.2) is 4.99 Å². The summed E-state index contributed by atoms with van der Waals surface area (Å²) < 4.78 is 16.4. The normalized spacial score (nSPS) is 10.8. The topological polar surface area (TPSA) is 75.6 Å². The highest BCUT2D eigenvalue weighted by atomic mass is 127. The van der Waals surface area contributed by atoms with Crippen molar-refractivity contribution in [3.63, 3.8) is 0 Å². The molecule has 0 aliphatic heterocycles. The number of ether oxygens (including phenoxy) is 3. The van der Waals surface area contributed by atoms with Gasteiger partial charge in [0.25, 0.3) is 0 Å². The number of hydrogen-bond acceptors (Lipinski definition) is 5. The Balaban J connectivity index is 0.00000480. The molecule has 0 aliphatic rings. The van der Waals surface area contributed by atoms with Gasteiger partial charge in [0.2, 0.25) is 0 Å². The number of rotatable bonds is 11. The van der Waals surface area contributed by atoms with Crippen molar-refractivity contribution in [2.75, 3.05) is 40.5 Å². The van der Waals surface area contributed by atoms with E-state index in [1.807, 2.05) is 44.3 Å². The maximum atomic E-state index is 8.94. The van der Waals surface area contributed by atoms with E-state index in [0.29, 0.717) is 24.7 Å². The highest BCUT2D eigenvalue weighted by Gasteiger charge is 2.09. The first-order chi connectivity index (χ1) is 14.6. The molecule has 0 spiro atoms. The van der Waals surface area contributed by atoms with Crippen LogP contribution in [0.2, 0.25) is 0 Å². The summed E-state index contributed by atoms with van der Waals surface area (Å²) in [4.78, 5) is 6.86. The van der Waals surface area contributed by atoms with Gasteiger partial charge >= 0.3 is 0 Å². The highest BCUT2D eigenvalue weighted by Crippen LogP contribution is 2.28. The van der Waals surface area contributed by atoms with Crippen LogP contribution in [0.1, 0.15) is 25.0 Å². The van der Waals surface area contributed by atoms with E-state index in [9.17, 15) is 0 Å². The van der Waals surface area contributed by atoms with Crippen LogP contribution < -0.4 is 19.5 Å². The predicted molar refractivity (Wildman–Crippen MR) is 135 cm³/mol. The van der Waals surface area contributed by atoms with E-state index in [-0.39, 0.29) is 37.2 Å². The van der Waals surface area contributed by atoms with Gasteiger partial charge in [-0.15, -0.1) is 24.0 Å². The average Bonchev–Trinajstić information content (AvgIpc) is 2.76. The summed E-state index contributed by atoms with van der Waals surface area (Å²) in [6.07, 6.45) is 0.